The van der Waals surface area contributed by atoms with E-state index in [4.69, 9.17) is 4.74 Å². The highest BCUT2D eigenvalue weighted by atomic mass is 16.5. The predicted octanol–water partition coefficient (Wildman–Crippen LogP) is 3.34. The van der Waals surface area contributed by atoms with Crippen molar-refractivity contribution in [2.24, 2.45) is 0 Å². The van der Waals surface area contributed by atoms with E-state index in [-0.39, 0.29) is 33.8 Å². The lowest BCUT2D eigenvalue weighted by atomic mass is 10.1. The zero-order valence-electron chi connectivity index (χ0n) is 19.1. The Morgan fingerprint density at radius 3 is 2.22 bits per heavy atom. The van der Waals surface area contributed by atoms with Crippen LogP contribution in [-0.4, -0.2) is 40.1 Å². The zero-order valence-corrected chi connectivity index (χ0v) is 19.1. The maximum absolute atomic E-state index is 12.7. The number of carbonyl (C=O) groups excluding carboxylic acids is 4. The highest BCUT2D eigenvalue weighted by Crippen LogP contribution is 2.29. The van der Waals surface area contributed by atoms with Crippen LogP contribution in [0.2, 0.25) is 0 Å². The van der Waals surface area contributed by atoms with Gasteiger partial charge in [-0.3, -0.25) is 14.4 Å². The molecule has 1 N–H and O–H groups in total. The first kappa shape index (κ1) is 23.2. The fraction of sp³-hybridized carbons (Fsp3) is 0.0370. The van der Waals surface area contributed by atoms with E-state index in [1.165, 1.54) is 35.1 Å². The van der Waals surface area contributed by atoms with Gasteiger partial charge in [-0.25, -0.2) is 14.4 Å². The molecule has 10 nitrogen and oxygen atoms in total. The molecule has 0 atom stereocenters. The number of esters is 1. The number of ether oxygens (including phenoxy) is 1. The van der Waals surface area contributed by atoms with Crippen LogP contribution in [0, 0.1) is 11.3 Å². The first-order chi connectivity index (χ1) is 18.0. The summed E-state index contributed by atoms with van der Waals surface area (Å²) in [5.41, 5.74) is 1.58. The van der Waals surface area contributed by atoms with Gasteiger partial charge in [0.15, 0.2) is 12.4 Å². The van der Waals surface area contributed by atoms with Gasteiger partial charge in [0.2, 0.25) is 0 Å². The third kappa shape index (κ3) is 4.33. The zero-order chi connectivity index (χ0) is 25.9. The molecule has 0 bridgehead atoms. The van der Waals surface area contributed by atoms with Crippen LogP contribution in [0.3, 0.4) is 0 Å². The van der Waals surface area contributed by atoms with Gasteiger partial charge < -0.3 is 10.1 Å². The Bertz CT molecular complexity index is 1570. The molecule has 1 aliphatic rings. The van der Waals surface area contributed by atoms with Gasteiger partial charge in [-0.2, -0.15) is 10.4 Å². The summed E-state index contributed by atoms with van der Waals surface area (Å²) in [4.78, 5) is 51.7. The van der Waals surface area contributed by atoms with Crippen LogP contribution >= 0.6 is 0 Å². The molecule has 37 heavy (non-hydrogen) atoms. The number of nitriles is 1. The number of nitrogens with zero attached hydrogens (tertiary/aromatic N) is 4. The molecule has 0 spiro atoms. The smallest absolute Gasteiger partial charge is 0.338 e. The quantitative estimate of drug-likeness (QED) is 0.323. The van der Waals surface area contributed by atoms with Gasteiger partial charge in [0.25, 0.3) is 17.7 Å². The number of amides is 3. The molecule has 0 radical (unpaired) electrons. The average molecular weight is 491 g/mol. The van der Waals surface area contributed by atoms with E-state index in [0.29, 0.717) is 5.69 Å². The van der Waals surface area contributed by atoms with Crippen molar-refractivity contribution in [1.82, 2.24) is 9.78 Å². The van der Waals surface area contributed by atoms with E-state index >= 15 is 0 Å². The molecule has 0 fully saturated rings. The number of nitrogens with one attached hydrogen (secondary N) is 1. The van der Waals surface area contributed by atoms with E-state index in [1.54, 1.807) is 48.5 Å². The maximum atomic E-state index is 12.7. The minimum atomic E-state index is -0.828. The van der Waals surface area contributed by atoms with Crippen LogP contribution < -0.4 is 10.2 Å². The molecule has 0 aliphatic carbocycles. The normalized spacial score (nSPS) is 12.1. The number of benzene rings is 3. The Morgan fingerprint density at radius 2 is 1.54 bits per heavy atom. The van der Waals surface area contributed by atoms with E-state index in [2.05, 4.69) is 10.4 Å². The van der Waals surface area contributed by atoms with Gasteiger partial charge in [0.1, 0.15) is 11.6 Å². The monoisotopic (exact) mass is 491 g/mol. The number of rotatable bonds is 6. The summed E-state index contributed by atoms with van der Waals surface area (Å²) in [5.74, 6) is -2.35. The second kappa shape index (κ2) is 9.59. The number of aromatic nitrogens is 2. The molecule has 10 heteroatoms. The molecular formula is C27H17N5O5. The van der Waals surface area contributed by atoms with E-state index < -0.39 is 30.3 Å². The van der Waals surface area contributed by atoms with Crippen LogP contribution in [0.4, 0.5) is 11.5 Å². The van der Waals surface area contributed by atoms with Crippen molar-refractivity contribution in [3.63, 3.8) is 0 Å². The second-order valence-corrected chi connectivity index (χ2v) is 7.93. The summed E-state index contributed by atoms with van der Waals surface area (Å²) in [7, 11) is 0. The Balaban J connectivity index is 1.28. The molecule has 0 saturated heterocycles. The van der Waals surface area contributed by atoms with E-state index in [1.807, 2.05) is 12.1 Å². The number of carbonyl (C=O) groups is 4. The number of hydrogen-bond acceptors (Lipinski definition) is 7. The summed E-state index contributed by atoms with van der Waals surface area (Å²) in [6, 6.07) is 23.1. The molecule has 2 heterocycles. The Morgan fingerprint density at radius 1 is 0.892 bits per heavy atom. The summed E-state index contributed by atoms with van der Waals surface area (Å²) in [6.45, 7) is -0.638. The molecule has 4 aromatic rings. The van der Waals surface area contributed by atoms with Gasteiger partial charge in [0.05, 0.1) is 34.3 Å². The van der Waals surface area contributed by atoms with Crippen molar-refractivity contribution < 1.29 is 23.9 Å². The average Bonchev–Trinajstić information content (AvgIpc) is 3.45. The molecule has 0 saturated carbocycles. The molecule has 3 aromatic carbocycles. The summed E-state index contributed by atoms with van der Waals surface area (Å²) >= 11 is 0. The lowest BCUT2D eigenvalue weighted by Gasteiger charge is -2.15. The van der Waals surface area contributed by atoms with Crippen molar-refractivity contribution in [2.75, 3.05) is 16.8 Å². The van der Waals surface area contributed by atoms with Crippen LogP contribution in [0.5, 0.6) is 0 Å². The number of hydrogen-bond donors (Lipinski definition) is 1. The minimum Gasteiger partial charge on any atom is -0.452 e. The fourth-order valence-electron chi connectivity index (χ4n) is 3.89. The van der Waals surface area contributed by atoms with Crippen LogP contribution in [0.15, 0.2) is 85.1 Å². The Labute approximate surface area is 210 Å². The molecule has 1 aromatic heterocycles. The Hall–Kier alpha value is -5.56. The number of anilines is 2. The summed E-state index contributed by atoms with van der Waals surface area (Å²) in [6.07, 6.45) is 1.32. The molecule has 5 rings (SSSR count). The summed E-state index contributed by atoms with van der Waals surface area (Å²) < 4.78 is 6.53. The molecule has 180 valence electrons. The lowest BCUT2D eigenvalue weighted by molar-refractivity contribution is -0.119. The largest absolute Gasteiger partial charge is 0.452 e. The number of imide groups is 1. The Kier molecular flexibility index (Phi) is 6.01. The molecular weight excluding hydrogens is 474 g/mol. The van der Waals surface area contributed by atoms with Crippen LogP contribution in [0.25, 0.3) is 5.69 Å². The van der Waals surface area contributed by atoms with Gasteiger partial charge in [0, 0.05) is 0 Å². The molecule has 3 amide bonds. The van der Waals surface area contributed by atoms with Crippen molar-refractivity contribution in [1.29, 1.82) is 5.26 Å². The maximum Gasteiger partial charge on any atom is 0.338 e. The fourth-order valence-corrected chi connectivity index (χ4v) is 3.89. The van der Waals surface area contributed by atoms with Crippen molar-refractivity contribution in [3.05, 3.63) is 107 Å². The third-order valence-corrected chi connectivity index (χ3v) is 5.62. The lowest BCUT2D eigenvalue weighted by Crippen LogP contribution is -2.29. The standard InChI is InChI=1S/C27H17N5O5/c28-14-18-15-29-32(19-8-2-1-3-9-19)24(18)30-23(33)16-37-27(36)17-7-6-10-20(13-17)31-25(34)21-11-4-5-12-22(21)26(31)35/h1-13,15H,16H2,(H,30,33). The SMILES string of the molecule is N#Cc1cnn(-c2ccccc2)c1NC(=O)COC(=O)c1cccc(N2C(=O)c3ccccc3C2=O)c1. The molecule has 1 aliphatic heterocycles. The molecule has 0 unspecified atom stereocenters. The van der Waals surface area contributed by atoms with Crippen molar-refractivity contribution in [3.8, 4) is 11.8 Å². The minimum absolute atomic E-state index is 0.0499. The predicted molar refractivity (Wildman–Crippen MR) is 131 cm³/mol. The van der Waals surface area contributed by atoms with Gasteiger partial charge in [-0.05, 0) is 42.5 Å². The summed E-state index contributed by atoms with van der Waals surface area (Å²) in [5, 5.41) is 16.1. The van der Waals surface area contributed by atoms with Crippen molar-refractivity contribution >= 4 is 35.2 Å². The van der Waals surface area contributed by atoms with Crippen LogP contribution in [-0.2, 0) is 9.53 Å². The highest BCUT2D eigenvalue weighted by molar-refractivity contribution is 6.34. The second-order valence-electron chi connectivity index (χ2n) is 7.93. The van der Waals surface area contributed by atoms with Crippen LogP contribution in [0.1, 0.15) is 36.6 Å². The van der Waals surface area contributed by atoms with Gasteiger partial charge in [-0.1, -0.05) is 36.4 Å². The van der Waals surface area contributed by atoms with Gasteiger partial charge in [-0.15, -0.1) is 0 Å². The van der Waals surface area contributed by atoms with E-state index in [9.17, 15) is 24.4 Å². The first-order valence-electron chi connectivity index (χ1n) is 11.1. The highest BCUT2D eigenvalue weighted by Gasteiger charge is 2.36. The third-order valence-electron chi connectivity index (χ3n) is 5.62. The number of para-hydroxylation sites is 1. The van der Waals surface area contributed by atoms with Gasteiger partial charge >= 0.3 is 5.97 Å². The first-order valence-corrected chi connectivity index (χ1v) is 11.1. The van der Waals surface area contributed by atoms with Crippen molar-refractivity contribution in [2.45, 2.75) is 0 Å². The number of fused-ring (bicyclic) bond motifs is 1. The van der Waals surface area contributed by atoms with E-state index in [0.717, 1.165) is 4.90 Å². The topological polar surface area (TPSA) is 134 Å².